The molecule has 3 nitrogen and oxygen atoms in total. The van der Waals surface area contributed by atoms with Crippen molar-refractivity contribution in [3.05, 3.63) is 11.6 Å². The van der Waals surface area contributed by atoms with Gasteiger partial charge in [-0.25, -0.2) is 4.79 Å². The number of esters is 1. The highest BCUT2D eigenvalue weighted by Gasteiger charge is 2.54. The third-order valence-corrected chi connectivity index (χ3v) is 10.5. The van der Waals surface area contributed by atoms with Gasteiger partial charge < -0.3 is 9.16 Å². The van der Waals surface area contributed by atoms with Gasteiger partial charge >= 0.3 is 5.97 Å². The number of cyclic esters (lactones) is 1. The van der Waals surface area contributed by atoms with E-state index in [0.717, 1.165) is 24.8 Å². The minimum absolute atomic E-state index is 0.151. The smallest absolute Gasteiger partial charge is 0.334 e. The van der Waals surface area contributed by atoms with Crippen LogP contribution < -0.4 is 0 Å². The van der Waals surface area contributed by atoms with Crippen LogP contribution in [0.4, 0.5) is 0 Å². The van der Waals surface area contributed by atoms with Crippen molar-refractivity contribution >= 4 is 14.3 Å². The first-order valence-electron chi connectivity index (χ1n) is 8.59. The Bertz CT molecular complexity index is 475. The highest BCUT2D eigenvalue weighted by atomic mass is 28.4. The Hall–Kier alpha value is -0.613. The zero-order chi connectivity index (χ0) is 16.8. The highest BCUT2D eigenvalue weighted by molar-refractivity contribution is 6.74. The van der Waals surface area contributed by atoms with Gasteiger partial charge in [0.1, 0.15) is 6.10 Å². The molecule has 4 heteroatoms. The summed E-state index contributed by atoms with van der Waals surface area (Å²) in [6.07, 6.45) is 6.31. The van der Waals surface area contributed by atoms with E-state index in [4.69, 9.17) is 9.16 Å². The minimum atomic E-state index is -1.94. The van der Waals surface area contributed by atoms with E-state index in [-0.39, 0.29) is 22.7 Å². The zero-order valence-corrected chi connectivity index (χ0v) is 16.3. The van der Waals surface area contributed by atoms with Crippen LogP contribution in [0.25, 0.3) is 0 Å². The average molecular weight is 325 g/mol. The lowest BCUT2D eigenvalue weighted by Gasteiger charge is -2.52. The van der Waals surface area contributed by atoms with Crippen molar-refractivity contribution in [2.24, 2.45) is 5.92 Å². The summed E-state index contributed by atoms with van der Waals surface area (Å²) in [7, 11) is -1.94. The summed E-state index contributed by atoms with van der Waals surface area (Å²) < 4.78 is 12.7. The Morgan fingerprint density at radius 2 is 1.95 bits per heavy atom. The lowest BCUT2D eigenvalue weighted by molar-refractivity contribution is -0.157. The molecule has 0 N–H and O–H groups in total. The van der Waals surface area contributed by atoms with Crippen molar-refractivity contribution < 1.29 is 14.0 Å². The topological polar surface area (TPSA) is 35.5 Å². The van der Waals surface area contributed by atoms with Crippen LogP contribution in [0.2, 0.25) is 18.1 Å². The summed E-state index contributed by atoms with van der Waals surface area (Å²) in [5.41, 5.74) is 0.385. The monoisotopic (exact) mass is 324 g/mol. The molecule has 0 saturated heterocycles. The van der Waals surface area contributed by atoms with Gasteiger partial charge in [0, 0.05) is 5.57 Å². The molecule has 2 aliphatic rings. The summed E-state index contributed by atoms with van der Waals surface area (Å²) in [5.74, 6) is 0.233. The summed E-state index contributed by atoms with van der Waals surface area (Å²) in [4.78, 5) is 11.9. The van der Waals surface area contributed by atoms with Crippen LogP contribution >= 0.6 is 0 Å². The van der Waals surface area contributed by atoms with Crippen LogP contribution in [0, 0.1) is 5.92 Å². The molecule has 1 heterocycles. The Labute approximate surface area is 136 Å². The van der Waals surface area contributed by atoms with Crippen molar-refractivity contribution in [3.63, 3.8) is 0 Å². The predicted octanol–water partition coefficient (Wildman–Crippen LogP) is 4.83. The minimum Gasteiger partial charge on any atom is -0.452 e. The second kappa shape index (κ2) is 5.79. The van der Waals surface area contributed by atoms with Gasteiger partial charge in [0.25, 0.3) is 0 Å². The molecule has 1 aliphatic carbocycles. The van der Waals surface area contributed by atoms with Crippen LogP contribution in [-0.4, -0.2) is 26.0 Å². The molecule has 1 saturated carbocycles. The van der Waals surface area contributed by atoms with E-state index in [1.165, 1.54) is 6.42 Å². The summed E-state index contributed by atoms with van der Waals surface area (Å²) in [5, 5.41) is 0.151. The molecule has 126 valence electrons. The van der Waals surface area contributed by atoms with E-state index in [9.17, 15) is 4.79 Å². The van der Waals surface area contributed by atoms with Crippen LogP contribution in [0.1, 0.15) is 60.3 Å². The SMILES string of the molecule is CC1=C[C@@H]([C@@]2(O[Si](C)(C)C(C)(C)C)CCCC[C@@H]2C)OC1=O. The fourth-order valence-corrected chi connectivity index (χ4v) is 5.06. The van der Waals surface area contributed by atoms with Gasteiger partial charge in [-0.2, -0.15) is 0 Å². The molecular weight excluding hydrogens is 292 g/mol. The molecular formula is C18H32O3Si. The van der Waals surface area contributed by atoms with Gasteiger partial charge in [0.15, 0.2) is 8.32 Å². The molecule has 1 fully saturated rings. The predicted molar refractivity (Wildman–Crippen MR) is 92.3 cm³/mol. The molecule has 0 radical (unpaired) electrons. The van der Waals surface area contributed by atoms with Gasteiger partial charge in [-0.05, 0) is 49.9 Å². The number of carbonyl (C=O) groups is 1. The third-order valence-electron chi connectivity index (χ3n) is 5.98. The van der Waals surface area contributed by atoms with Gasteiger partial charge in [-0.3, -0.25) is 0 Å². The zero-order valence-electron chi connectivity index (χ0n) is 15.3. The first kappa shape index (κ1) is 17.7. The molecule has 1 aliphatic heterocycles. The molecule has 0 unspecified atom stereocenters. The molecule has 0 amide bonds. The second-order valence-corrected chi connectivity index (χ2v) is 13.4. The van der Waals surface area contributed by atoms with Gasteiger partial charge in [-0.15, -0.1) is 0 Å². The molecule has 0 aromatic heterocycles. The van der Waals surface area contributed by atoms with E-state index >= 15 is 0 Å². The molecule has 22 heavy (non-hydrogen) atoms. The van der Waals surface area contributed by atoms with Crippen molar-refractivity contribution in [2.75, 3.05) is 0 Å². The number of ether oxygens (including phenoxy) is 1. The first-order valence-corrected chi connectivity index (χ1v) is 11.5. The van der Waals surface area contributed by atoms with Gasteiger partial charge in [-0.1, -0.05) is 40.5 Å². The van der Waals surface area contributed by atoms with Gasteiger partial charge in [0.2, 0.25) is 0 Å². The lowest BCUT2D eigenvalue weighted by Crippen LogP contribution is -2.59. The standard InChI is InChI=1S/C18H32O3Si/c1-13-12-15(20-16(13)19)18(11-9-8-10-14(18)2)21-22(6,7)17(3,4)5/h12,14-15H,8-11H2,1-7H3/t14-,15-,18+/m0/s1. The van der Waals surface area contributed by atoms with Crippen LogP contribution in [-0.2, 0) is 14.0 Å². The molecule has 0 bridgehead atoms. The van der Waals surface area contributed by atoms with Gasteiger partial charge in [0.05, 0.1) is 5.60 Å². The maximum atomic E-state index is 11.9. The van der Waals surface area contributed by atoms with Crippen molar-refractivity contribution in [2.45, 2.75) is 90.1 Å². The van der Waals surface area contributed by atoms with E-state index in [1.807, 2.05) is 13.0 Å². The fourth-order valence-electron chi connectivity index (χ4n) is 3.38. The Balaban J connectivity index is 2.37. The lowest BCUT2D eigenvalue weighted by atomic mass is 9.73. The molecule has 0 aromatic carbocycles. The largest absolute Gasteiger partial charge is 0.452 e. The summed E-state index contributed by atoms with van der Waals surface area (Å²) >= 11 is 0. The second-order valence-electron chi connectivity index (χ2n) is 8.64. The number of hydrogen-bond donors (Lipinski definition) is 0. The van der Waals surface area contributed by atoms with Crippen LogP contribution in [0.5, 0.6) is 0 Å². The fraction of sp³-hybridized carbons (Fsp3) is 0.833. The molecule has 0 spiro atoms. The van der Waals surface area contributed by atoms with E-state index < -0.39 is 8.32 Å². The maximum Gasteiger partial charge on any atom is 0.334 e. The Kier molecular flexibility index (Phi) is 4.67. The number of hydrogen-bond acceptors (Lipinski definition) is 3. The normalized spacial score (nSPS) is 33.6. The van der Waals surface area contributed by atoms with E-state index in [0.29, 0.717) is 5.92 Å². The van der Waals surface area contributed by atoms with Crippen LogP contribution in [0.15, 0.2) is 11.6 Å². The summed E-state index contributed by atoms with van der Waals surface area (Å²) in [6.45, 7) is 15.5. The number of carbonyl (C=O) groups excluding carboxylic acids is 1. The Morgan fingerprint density at radius 1 is 1.32 bits per heavy atom. The molecule has 3 atom stereocenters. The number of rotatable bonds is 3. The molecule has 0 aromatic rings. The first-order chi connectivity index (χ1) is 9.99. The quantitative estimate of drug-likeness (QED) is 0.551. The van der Waals surface area contributed by atoms with Crippen molar-refractivity contribution in [3.8, 4) is 0 Å². The molecule has 2 rings (SSSR count). The maximum absolute atomic E-state index is 11.9. The third kappa shape index (κ3) is 3.05. The van der Waals surface area contributed by atoms with Crippen molar-refractivity contribution in [1.29, 1.82) is 0 Å². The average Bonchev–Trinajstić information content (AvgIpc) is 2.71. The van der Waals surface area contributed by atoms with Crippen LogP contribution in [0.3, 0.4) is 0 Å². The van der Waals surface area contributed by atoms with Crippen molar-refractivity contribution in [1.82, 2.24) is 0 Å². The van der Waals surface area contributed by atoms with E-state index in [2.05, 4.69) is 40.8 Å². The Morgan fingerprint density at radius 3 is 2.41 bits per heavy atom. The summed E-state index contributed by atoms with van der Waals surface area (Å²) in [6, 6.07) is 0. The van der Waals surface area contributed by atoms with E-state index in [1.54, 1.807) is 0 Å². The highest BCUT2D eigenvalue weighted by Crippen LogP contribution is 2.48.